The molecule has 0 aliphatic carbocycles. The van der Waals surface area contributed by atoms with Gasteiger partial charge in [-0.2, -0.15) is 0 Å². The second kappa shape index (κ2) is 7.73. The predicted molar refractivity (Wildman–Crippen MR) is 61.9 cm³/mol. The Kier molecular flexibility index (Phi) is 6.79. The first kappa shape index (κ1) is 11.4. The van der Waals surface area contributed by atoms with Crippen LogP contribution in [0, 0.1) is 0 Å². The molecular formula is C10H23N2P. The second-order valence-electron chi connectivity index (χ2n) is 3.91. The Hall–Kier alpha value is 0.350. The predicted octanol–water partition coefficient (Wildman–Crippen LogP) is 2.02. The molecule has 0 amide bonds. The molecule has 1 aliphatic rings. The van der Waals surface area contributed by atoms with Crippen LogP contribution in [0.4, 0.5) is 0 Å². The maximum atomic E-state index is 3.50. The van der Waals surface area contributed by atoms with Crippen LogP contribution >= 0.6 is 9.39 Å². The minimum absolute atomic E-state index is 1.22. The highest BCUT2D eigenvalue weighted by atomic mass is 31.0. The van der Waals surface area contributed by atoms with Gasteiger partial charge in [-0.05, 0) is 38.8 Å². The highest BCUT2D eigenvalue weighted by molar-refractivity contribution is 7.13. The van der Waals surface area contributed by atoms with Gasteiger partial charge in [-0.25, -0.2) is 0 Å². The largest absolute Gasteiger partial charge is 0.317 e. The molecule has 0 bridgehead atoms. The molecule has 1 heterocycles. The lowest BCUT2D eigenvalue weighted by Gasteiger charge is -2.17. The first-order chi connectivity index (χ1) is 6.39. The van der Waals surface area contributed by atoms with Crippen molar-refractivity contribution >= 4 is 9.39 Å². The summed E-state index contributed by atoms with van der Waals surface area (Å²) in [6.45, 7) is 4.95. The lowest BCUT2D eigenvalue weighted by atomic mass is 10.2. The van der Waals surface area contributed by atoms with Crippen molar-refractivity contribution in [2.24, 2.45) is 0 Å². The van der Waals surface area contributed by atoms with Crippen molar-refractivity contribution < 1.29 is 0 Å². The maximum absolute atomic E-state index is 3.50. The average molecular weight is 202 g/mol. The smallest absolute Gasteiger partial charge is 0.00161 e. The molecular weight excluding hydrogens is 179 g/mol. The summed E-state index contributed by atoms with van der Waals surface area (Å²) in [4.78, 5) is 0. The van der Waals surface area contributed by atoms with Gasteiger partial charge in [0.1, 0.15) is 0 Å². The van der Waals surface area contributed by atoms with E-state index in [0.717, 1.165) is 0 Å². The van der Waals surface area contributed by atoms with Gasteiger partial charge < -0.3 is 5.32 Å². The quantitative estimate of drug-likeness (QED) is 0.605. The molecule has 1 atom stereocenters. The summed E-state index contributed by atoms with van der Waals surface area (Å²) in [6, 6.07) is 0. The second-order valence-corrected chi connectivity index (χ2v) is 4.64. The summed E-state index contributed by atoms with van der Waals surface area (Å²) in [5.41, 5.74) is 0. The van der Waals surface area contributed by atoms with Gasteiger partial charge in [0.25, 0.3) is 0 Å². The molecule has 1 unspecified atom stereocenters. The highest BCUT2D eigenvalue weighted by Crippen LogP contribution is 2.07. The number of rotatable bonds is 0. The molecule has 0 radical (unpaired) electrons. The zero-order chi connectivity index (χ0) is 9.36. The number of nitrogens with zero attached hydrogens (tertiary/aromatic N) is 1. The van der Waals surface area contributed by atoms with E-state index in [1.807, 2.05) is 0 Å². The topological polar surface area (TPSA) is 15.3 Å². The summed E-state index contributed by atoms with van der Waals surface area (Å²) in [6.07, 6.45) is 8.14. The summed E-state index contributed by atoms with van der Waals surface area (Å²) < 4.78 is 2.40. The third-order valence-electron chi connectivity index (χ3n) is 2.60. The minimum atomic E-state index is 1.22. The Morgan fingerprint density at radius 2 is 1.31 bits per heavy atom. The Labute approximate surface area is 84.7 Å². The lowest BCUT2D eigenvalue weighted by Crippen LogP contribution is -2.20. The van der Waals surface area contributed by atoms with Crippen molar-refractivity contribution in [2.45, 2.75) is 38.5 Å². The van der Waals surface area contributed by atoms with E-state index in [9.17, 15) is 0 Å². The van der Waals surface area contributed by atoms with Crippen LogP contribution in [-0.4, -0.2) is 30.8 Å². The van der Waals surface area contributed by atoms with Crippen molar-refractivity contribution in [1.29, 1.82) is 0 Å². The van der Waals surface area contributed by atoms with Crippen molar-refractivity contribution in [3.05, 3.63) is 0 Å². The molecule has 78 valence electrons. The van der Waals surface area contributed by atoms with Crippen LogP contribution in [-0.2, 0) is 0 Å². The van der Waals surface area contributed by atoms with Crippen LogP contribution < -0.4 is 5.32 Å². The lowest BCUT2D eigenvalue weighted by molar-refractivity contribution is 0.417. The molecule has 1 rings (SSSR count). The number of hydrogen-bond donors (Lipinski definition) is 1. The molecule has 0 saturated carbocycles. The van der Waals surface area contributed by atoms with Crippen LogP contribution in [0.2, 0.25) is 0 Å². The summed E-state index contributed by atoms with van der Waals surface area (Å²) in [5.74, 6) is 0. The summed E-state index contributed by atoms with van der Waals surface area (Å²) >= 11 is 0. The molecule has 1 saturated heterocycles. The van der Waals surface area contributed by atoms with Gasteiger partial charge in [0, 0.05) is 13.1 Å². The first-order valence-electron chi connectivity index (χ1n) is 5.60. The van der Waals surface area contributed by atoms with Gasteiger partial charge in [0.05, 0.1) is 0 Å². The van der Waals surface area contributed by atoms with Crippen molar-refractivity contribution in [2.75, 3.05) is 26.2 Å². The Morgan fingerprint density at radius 1 is 0.769 bits per heavy atom. The molecule has 1 aliphatic heterocycles. The fraction of sp³-hybridized carbons (Fsp3) is 1.00. The van der Waals surface area contributed by atoms with Crippen LogP contribution in [0.15, 0.2) is 0 Å². The normalized spacial score (nSPS) is 24.7. The van der Waals surface area contributed by atoms with Gasteiger partial charge in [-0.3, -0.25) is 4.67 Å². The standard InChI is InChI=1S/C10H23N2P/c13-12-9-5-1-3-7-11-8-4-2-6-10-12/h11H,1-10,13H2. The van der Waals surface area contributed by atoms with Gasteiger partial charge in [-0.15, -0.1) is 0 Å². The molecule has 13 heavy (non-hydrogen) atoms. The third-order valence-corrected chi connectivity index (χ3v) is 3.11. The average Bonchev–Trinajstić information content (AvgIpc) is 2.11. The molecule has 0 aromatic carbocycles. The molecule has 0 aromatic heterocycles. The van der Waals surface area contributed by atoms with Gasteiger partial charge in [-0.1, -0.05) is 22.2 Å². The van der Waals surface area contributed by atoms with E-state index >= 15 is 0 Å². The van der Waals surface area contributed by atoms with Crippen LogP contribution in [0.5, 0.6) is 0 Å². The van der Waals surface area contributed by atoms with Crippen LogP contribution in [0.1, 0.15) is 38.5 Å². The van der Waals surface area contributed by atoms with Gasteiger partial charge >= 0.3 is 0 Å². The molecule has 0 spiro atoms. The van der Waals surface area contributed by atoms with E-state index in [-0.39, 0.29) is 0 Å². The molecule has 3 heteroatoms. The van der Waals surface area contributed by atoms with Crippen LogP contribution in [0.25, 0.3) is 0 Å². The number of hydrogen-bond acceptors (Lipinski definition) is 2. The Balaban J connectivity index is 2.11. The monoisotopic (exact) mass is 202 g/mol. The SMILES string of the molecule is PN1CCCCCNCCCCC1. The minimum Gasteiger partial charge on any atom is -0.317 e. The zero-order valence-electron chi connectivity index (χ0n) is 8.60. The van der Waals surface area contributed by atoms with E-state index in [2.05, 4.69) is 19.4 Å². The fourth-order valence-corrected chi connectivity index (χ4v) is 2.09. The molecule has 1 fully saturated rings. The van der Waals surface area contributed by atoms with Crippen molar-refractivity contribution in [3.63, 3.8) is 0 Å². The van der Waals surface area contributed by atoms with Crippen molar-refractivity contribution in [3.8, 4) is 0 Å². The molecule has 2 nitrogen and oxygen atoms in total. The summed E-state index contributed by atoms with van der Waals surface area (Å²) in [5, 5.41) is 3.50. The van der Waals surface area contributed by atoms with E-state index in [1.165, 1.54) is 64.7 Å². The zero-order valence-corrected chi connectivity index (χ0v) is 9.75. The van der Waals surface area contributed by atoms with E-state index in [4.69, 9.17) is 0 Å². The fourth-order valence-electron chi connectivity index (χ4n) is 1.72. The third kappa shape index (κ3) is 6.42. The maximum Gasteiger partial charge on any atom is 0.00161 e. The Morgan fingerprint density at radius 3 is 1.85 bits per heavy atom. The molecule has 1 N–H and O–H groups in total. The van der Waals surface area contributed by atoms with E-state index in [1.54, 1.807) is 0 Å². The Bertz CT molecular complexity index is 107. The van der Waals surface area contributed by atoms with E-state index in [0.29, 0.717) is 0 Å². The highest BCUT2D eigenvalue weighted by Gasteiger charge is 1.99. The van der Waals surface area contributed by atoms with Gasteiger partial charge in [0.2, 0.25) is 0 Å². The first-order valence-corrected chi connectivity index (χ1v) is 6.11. The van der Waals surface area contributed by atoms with E-state index < -0.39 is 0 Å². The van der Waals surface area contributed by atoms with Crippen LogP contribution in [0.3, 0.4) is 0 Å². The molecule has 0 aromatic rings. The van der Waals surface area contributed by atoms with Crippen molar-refractivity contribution in [1.82, 2.24) is 9.99 Å². The number of nitrogens with one attached hydrogen (secondary N) is 1. The van der Waals surface area contributed by atoms with Gasteiger partial charge in [0.15, 0.2) is 0 Å². The summed E-state index contributed by atoms with van der Waals surface area (Å²) in [7, 11) is 2.85.